The number of phenols is 1. The first-order chi connectivity index (χ1) is 11.8. The smallest absolute Gasteiger partial charge is 0.275 e. The molecule has 0 saturated heterocycles. The zero-order valence-corrected chi connectivity index (χ0v) is 14.2. The van der Waals surface area contributed by atoms with Crippen molar-refractivity contribution in [2.75, 3.05) is 7.11 Å². The summed E-state index contributed by atoms with van der Waals surface area (Å²) in [6.45, 7) is 0. The molecular weight excluding hydrogens is 373 g/mol. The van der Waals surface area contributed by atoms with E-state index in [1.807, 2.05) is 0 Å². The number of hydrazone groups is 1. The molecular formula is C15H11Cl2N3O5. The largest absolute Gasteiger partial charge is 0.507 e. The Balaban J connectivity index is 2.22. The van der Waals surface area contributed by atoms with Crippen LogP contribution < -0.4 is 10.2 Å². The average Bonchev–Trinajstić information content (AvgIpc) is 2.54. The number of nitrogens with one attached hydrogen (secondary N) is 1. The highest BCUT2D eigenvalue weighted by molar-refractivity contribution is 6.36. The minimum absolute atomic E-state index is 0.263. The monoisotopic (exact) mass is 383 g/mol. The van der Waals surface area contributed by atoms with Gasteiger partial charge < -0.3 is 9.84 Å². The van der Waals surface area contributed by atoms with Crippen molar-refractivity contribution in [2.45, 2.75) is 0 Å². The average molecular weight is 384 g/mol. The van der Waals surface area contributed by atoms with Gasteiger partial charge in [-0.15, -0.1) is 0 Å². The van der Waals surface area contributed by atoms with E-state index in [1.54, 1.807) is 0 Å². The van der Waals surface area contributed by atoms with Gasteiger partial charge in [-0.1, -0.05) is 23.2 Å². The van der Waals surface area contributed by atoms with Crippen LogP contribution >= 0.6 is 23.2 Å². The Morgan fingerprint density at radius 3 is 2.72 bits per heavy atom. The van der Waals surface area contributed by atoms with Crippen molar-refractivity contribution < 1.29 is 19.6 Å². The van der Waals surface area contributed by atoms with E-state index in [1.165, 1.54) is 25.5 Å². The van der Waals surface area contributed by atoms with Crippen LogP contribution in [0.1, 0.15) is 15.9 Å². The van der Waals surface area contributed by atoms with Gasteiger partial charge in [-0.3, -0.25) is 14.9 Å². The SMILES string of the molecule is COc1c(Cl)cc(Cl)cc1/C=N/NC(=O)c1cc([N+](=O)[O-])ccc1O. The van der Waals surface area contributed by atoms with E-state index in [-0.39, 0.29) is 16.3 Å². The summed E-state index contributed by atoms with van der Waals surface area (Å²) in [6, 6.07) is 6.08. The van der Waals surface area contributed by atoms with Crippen LogP contribution in [0, 0.1) is 10.1 Å². The van der Waals surface area contributed by atoms with Gasteiger partial charge >= 0.3 is 0 Å². The van der Waals surface area contributed by atoms with E-state index in [2.05, 4.69) is 10.5 Å². The van der Waals surface area contributed by atoms with E-state index in [9.17, 15) is 20.0 Å². The molecule has 25 heavy (non-hydrogen) atoms. The van der Waals surface area contributed by atoms with Crippen molar-refractivity contribution in [3.63, 3.8) is 0 Å². The van der Waals surface area contributed by atoms with Gasteiger partial charge in [0.25, 0.3) is 11.6 Å². The van der Waals surface area contributed by atoms with Crippen LogP contribution in [0.25, 0.3) is 0 Å². The van der Waals surface area contributed by atoms with Crippen molar-refractivity contribution in [1.29, 1.82) is 0 Å². The van der Waals surface area contributed by atoms with Crippen molar-refractivity contribution in [3.8, 4) is 11.5 Å². The quantitative estimate of drug-likeness (QED) is 0.466. The zero-order chi connectivity index (χ0) is 18.6. The number of rotatable bonds is 5. The summed E-state index contributed by atoms with van der Waals surface area (Å²) in [4.78, 5) is 22.1. The number of nitro groups is 1. The van der Waals surface area contributed by atoms with Crippen molar-refractivity contribution >= 4 is 41.0 Å². The van der Waals surface area contributed by atoms with Gasteiger partial charge in [-0.05, 0) is 18.2 Å². The molecule has 0 aliphatic rings. The molecule has 1 amide bonds. The Morgan fingerprint density at radius 2 is 2.08 bits per heavy atom. The molecule has 0 bridgehead atoms. The zero-order valence-electron chi connectivity index (χ0n) is 12.7. The van der Waals surface area contributed by atoms with E-state index >= 15 is 0 Å². The Morgan fingerprint density at radius 1 is 1.36 bits per heavy atom. The number of hydrogen-bond acceptors (Lipinski definition) is 6. The summed E-state index contributed by atoms with van der Waals surface area (Å²) in [6.07, 6.45) is 1.24. The second kappa shape index (κ2) is 7.82. The molecule has 0 spiro atoms. The maximum absolute atomic E-state index is 12.0. The summed E-state index contributed by atoms with van der Waals surface area (Å²) in [5, 5.41) is 24.7. The van der Waals surface area contributed by atoms with Gasteiger partial charge in [0.2, 0.25) is 0 Å². The Bertz CT molecular complexity index is 870. The Hall–Kier alpha value is -2.84. The van der Waals surface area contributed by atoms with Gasteiger partial charge in [0, 0.05) is 22.7 Å². The fourth-order valence-electron chi connectivity index (χ4n) is 1.93. The van der Waals surface area contributed by atoms with Gasteiger partial charge in [-0.25, -0.2) is 5.43 Å². The number of carbonyl (C=O) groups is 1. The molecule has 0 radical (unpaired) electrons. The molecule has 0 aromatic heterocycles. The number of non-ortho nitro benzene ring substituents is 1. The lowest BCUT2D eigenvalue weighted by atomic mass is 10.1. The summed E-state index contributed by atoms with van der Waals surface area (Å²) in [5.41, 5.74) is 1.93. The van der Waals surface area contributed by atoms with Crippen LogP contribution in [-0.4, -0.2) is 29.3 Å². The number of nitrogens with zero attached hydrogens (tertiary/aromatic N) is 2. The standard InChI is InChI=1S/C15H11Cl2N3O5/c1-25-14-8(4-9(16)5-12(14)17)7-18-19-15(22)11-6-10(20(23)24)2-3-13(11)21/h2-7,21H,1H3,(H,19,22)/b18-7+. The maximum atomic E-state index is 12.0. The highest BCUT2D eigenvalue weighted by Gasteiger charge is 2.16. The van der Waals surface area contributed by atoms with Gasteiger partial charge in [0.15, 0.2) is 0 Å². The first-order valence-electron chi connectivity index (χ1n) is 6.67. The van der Waals surface area contributed by atoms with Crippen LogP contribution in [0.2, 0.25) is 10.0 Å². The van der Waals surface area contributed by atoms with E-state index in [4.69, 9.17) is 27.9 Å². The minimum atomic E-state index is -0.829. The summed E-state index contributed by atoms with van der Waals surface area (Å²) >= 11 is 11.9. The predicted molar refractivity (Wildman–Crippen MR) is 92.8 cm³/mol. The molecule has 0 atom stereocenters. The number of methoxy groups -OCH3 is 1. The third-order valence-corrected chi connectivity index (χ3v) is 3.55. The molecule has 2 aromatic rings. The van der Waals surface area contributed by atoms with Crippen LogP contribution in [-0.2, 0) is 0 Å². The van der Waals surface area contributed by atoms with Gasteiger partial charge in [-0.2, -0.15) is 5.10 Å². The molecule has 0 unspecified atom stereocenters. The van der Waals surface area contributed by atoms with E-state index in [0.29, 0.717) is 16.3 Å². The second-order valence-electron chi connectivity index (χ2n) is 4.67. The van der Waals surface area contributed by atoms with Crippen LogP contribution in [0.3, 0.4) is 0 Å². The van der Waals surface area contributed by atoms with Crippen molar-refractivity contribution in [1.82, 2.24) is 5.43 Å². The van der Waals surface area contributed by atoms with Crippen molar-refractivity contribution in [3.05, 3.63) is 61.6 Å². The third kappa shape index (κ3) is 4.37. The fraction of sp³-hybridized carbons (Fsp3) is 0.0667. The number of amides is 1. The molecule has 2 rings (SSSR count). The number of aromatic hydroxyl groups is 1. The fourth-order valence-corrected chi connectivity index (χ4v) is 2.52. The Kier molecular flexibility index (Phi) is 5.79. The molecule has 2 aromatic carbocycles. The Labute approximate surface area is 151 Å². The number of hydrogen-bond donors (Lipinski definition) is 2. The van der Waals surface area contributed by atoms with E-state index < -0.39 is 16.6 Å². The molecule has 0 saturated carbocycles. The highest BCUT2D eigenvalue weighted by Crippen LogP contribution is 2.31. The molecule has 2 N–H and O–H groups in total. The number of carbonyl (C=O) groups excluding carboxylic acids is 1. The maximum Gasteiger partial charge on any atom is 0.275 e. The molecule has 8 nitrogen and oxygen atoms in total. The number of phenolic OH excluding ortho intramolecular Hbond substituents is 1. The topological polar surface area (TPSA) is 114 Å². The molecule has 0 heterocycles. The number of ether oxygens (including phenoxy) is 1. The van der Waals surface area contributed by atoms with Gasteiger partial charge in [0.05, 0.1) is 28.8 Å². The summed E-state index contributed by atoms with van der Waals surface area (Å²) in [5.74, 6) is -0.937. The second-order valence-corrected chi connectivity index (χ2v) is 5.51. The number of halogens is 2. The van der Waals surface area contributed by atoms with Crippen LogP contribution in [0.5, 0.6) is 11.5 Å². The van der Waals surface area contributed by atoms with E-state index in [0.717, 1.165) is 18.2 Å². The van der Waals surface area contributed by atoms with Crippen LogP contribution in [0.15, 0.2) is 35.4 Å². The first-order valence-corrected chi connectivity index (χ1v) is 7.43. The summed E-state index contributed by atoms with van der Waals surface area (Å²) < 4.78 is 5.12. The molecule has 10 heteroatoms. The first kappa shape index (κ1) is 18.5. The lowest BCUT2D eigenvalue weighted by Crippen LogP contribution is -2.18. The normalized spacial score (nSPS) is 10.7. The minimum Gasteiger partial charge on any atom is -0.507 e. The third-order valence-electron chi connectivity index (χ3n) is 3.05. The lowest BCUT2D eigenvalue weighted by Gasteiger charge is -2.07. The lowest BCUT2D eigenvalue weighted by molar-refractivity contribution is -0.384. The molecule has 0 fully saturated rings. The molecule has 0 aliphatic carbocycles. The molecule has 130 valence electrons. The van der Waals surface area contributed by atoms with Crippen molar-refractivity contribution in [2.24, 2.45) is 5.10 Å². The number of nitro benzene ring substituents is 1. The highest BCUT2D eigenvalue weighted by atomic mass is 35.5. The van der Waals surface area contributed by atoms with Crippen LogP contribution in [0.4, 0.5) is 5.69 Å². The molecule has 0 aliphatic heterocycles. The predicted octanol–water partition coefficient (Wildman–Crippen LogP) is 3.38. The summed E-state index contributed by atoms with van der Waals surface area (Å²) in [7, 11) is 1.41. The number of benzene rings is 2. The van der Waals surface area contributed by atoms with Gasteiger partial charge in [0.1, 0.15) is 11.5 Å².